The van der Waals surface area contributed by atoms with Gasteiger partial charge < -0.3 is 9.64 Å². The maximum Gasteiger partial charge on any atom is 0.255 e. The van der Waals surface area contributed by atoms with Crippen molar-refractivity contribution in [2.45, 2.75) is 29.5 Å². The second-order valence-corrected chi connectivity index (χ2v) is 11.1. The molecule has 8 heteroatoms. The van der Waals surface area contributed by atoms with Crippen LogP contribution in [0.2, 0.25) is 0 Å². The minimum atomic E-state index is -3.52. The molecule has 0 aliphatic carbocycles. The number of rotatable bonds is 4. The summed E-state index contributed by atoms with van der Waals surface area (Å²) in [5.41, 5.74) is 1.63. The molecule has 1 spiro atoms. The zero-order valence-electron chi connectivity index (χ0n) is 17.2. The number of carbonyl (C=O) groups is 1. The summed E-state index contributed by atoms with van der Waals surface area (Å²) >= 11 is 1.77. The Morgan fingerprint density at radius 3 is 2.43 bits per heavy atom. The highest BCUT2D eigenvalue weighted by atomic mass is 32.2. The number of ether oxygens (including phenoxy) is 1. The Kier molecular flexibility index (Phi) is 5.83. The van der Waals surface area contributed by atoms with Crippen LogP contribution in [-0.2, 0) is 10.0 Å². The van der Waals surface area contributed by atoms with Crippen LogP contribution in [0.15, 0.2) is 53.4 Å². The highest BCUT2D eigenvalue weighted by Gasteiger charge is 2.48. The Balaban J connectivity index is 1.51. The molecule has 0 atom stereocenters. The van der Waals surface area contributed by atoms with Crippen molar-refractivity contribution in [2.75, 3.05) is 32.5 Å². The van der Waals surface area contributed by atoms with Crippen LogP contribution in [0.25, 0.3) is 0 Å². The molecule has 2 fully saturated rings. The van der Waals surface area contributed by atoms with E-state index in [4.69, 9.17) is 4.74 Å². The third-order valence-corrected chi connectivity index (χ3v) is 9.37. The smallest absolute Gasteiger partial charge is 0.255 e. The average Bonchev–Trinajstić information content (AvgIpc) is 3.16. The van der Waals surface area contributed by atoms with E-state index in [1.165, 1.54) is 0 Å². The first kappa shape index (κ1) is 21.2. The number of methoxy groups -OCH3 is 1. The van der Waals surface area contributed by atoms with E-state index >= 15 is 0 Å². The fourth-order valence-corrected chi connectivity index (χ4v) is 7.05. The minimum Gasteiger partial charge on any atom is -0.497 e. The highest BCUT2D eigenvalue weighted by Crippen LogP contribution is 2.45. The van der Waals surface area contributed by atoms with Crippen molar-refractivity contribution >= 4 is 27.7 Å². The van der Waals surface area contributed by atoms with Gasteiger partial charge in [-0.1, -0.05) is 23.8 Å². The van der Waals surface area contributed by atoms with Crippen LogP contribution < -0.4 is 4.74 Å². The number of nitrogens with zero attached hydrogens (tertiary/aromatic N) is 2. The van der Waals surface area contributed by atoms with Crippen LogP contribution in [0.4, 0.5) is 0 Å². The molecule has 2 aliphatic rings. The van der Waals surface area contributed by atoms with E-state index in [9.17, 15) is 13.2 Å². The summed E-state index contributed by atoms with van der Waals surface area (Å²) in [6, 6.07) is 14.2. The first-order valence-electron chi connectivity index (χ1n) is 10.0. The maximum atomic E-state index is 13.2. The molecule has 0 saturated carbocycles. The van der Waals surface area contributed by atoms with Crippen molar-refractivity contribution in [3.05, 3.63) is 59.7 Å². The number of amides is 1. The van der Waals surface area contributed by atoms with E-state index in [1.54, 1.807) is 47.4 Å². The number of carbonyl (C=O) groups excluding carboxylic acids is 1. The van der Waals surface area contributed by atoms with Crippen molar-refractivity contribution in [1.82, 2.24) is 9.21 Å². The normalized spacial score (nSPS) is 19.2. The average molecular weight is 447 g/mol. The van der Waals surface area contributed by atoms with Crippen LogP contribution in [-0.4, -0.2) is 60.9 Å². The van der Waals surface area contributed by atoms with Crippen LogP contribution >= 0.6 is 11.8 Å². The van der Waals surface area contributed by atoms with Gasteiger partial charge in [0.15, 0.2) is 0 Å². The number of piperidine rings is 1. The summed E-state index contributed by atoms with van der Waals surface area (Å²) in [5.74, 6) is 1.50. The Morgan fingerprint density at radius 2 is 1.77 bits per heavy atom. The third-order valence-electron chi connectivity index (χ3n) is 5.90. The van der Waals surface area contributed by atoms with Crippen molar-refractivity contribution in [1.29, 1.82) is 0 Å². The molecule has 160 valence electrons. The molecular weight excluding hydrogens is 420 g/mol. The molecule has 4 rings (SSSR count). The molecule has 0 bridgehead atoms. The number of hydrogen-bond donors (Lipinski definition) is 0. The highest BCUT2D eigenvalue weighted by molar-refractivity contribution is 8.00. The SMILES string of the molecule is COc1cccc(C(=O)N2CCSC23CCN(S(=O)(=O)c2ccc(C)cc2)CC3)c1. The summed E-state index contributed by atoms with van der Waals surface area (Å²) in [7, 11) is -1.94. The van der Waals surface area contributed by atoms with E-state index in [2.05, 4.69) is 0 Å². The van der Waals surface area contributed by atoms with Crippen molar-refractivity contribution < 1.29 is 17.9 Å². The second-order valence-electron chi connectivity index (χ2n) is 7.70. The Bertz CT molecular complexity index is 1030. The van der Waals surface area contributed by atoms with Gasteiger partial charge in [-0.15, -0.1) is 11.8 Å². The largest absolute Gasteiger partial charge is 0.497 e. The molecule has 30 heavy (non-hydrogen) atoms. The molecule has 2 aromatic rings. The van der Waals surface area contributed by atoms with Gasteiger partial charge in [0.1, 0.15) is 5.75 Å². The molecule has 0 aromatic heterocycles. The van der Waals surface area contributed by atoms with E-state index in [-0.39, 0.29) is 10.8 Å². The van der Waals surface area contributed by atoms with E-state index in [1.807, 2.05) is 36.1 Å². The lowest BCUT2D eigenvalue weighted by atomic mass is 10.0. The number of aryl methyl sites for hydroxylation is 1. The Morgan fingerprint density at radius 1 is 1.07 bits per heavy atom. The monoisotopic (exact) mass is 446 g/mol. The fourth-order valence-electron chi connectivity index (χ4n) is 4.16. The van der Waals surface area contributed by atoms with E-state index < -0.39 is 10.0 Å². The summed E-state index contributed by atoms with van der Waals surface area (Å²) in [6.45, 7) is 3.42. The number of thioether (sulfide) groups is 1. The molecule has 0 N–H and O–H groups in total. The second kappa shape index (κ2) is 8.24. The van der Waals surface area contributed by atoms with Gasteiger partial charge in [-0.3, -0.25) is 4.79 Å². The van der Waals surface area contributed by atoms with Crippen LogP contribution in [0.5, 0.6) is 5.75 Å². The zero-order valence-corrected chi connectivity index (χ0v) is 18.8. The molecule has 0 unspecified atom stereocenters. The molecule has 2 heterocycles. The topological polar surface area (TPSA) is 66.9 Å². The Labute approximate surface area is 182 Å². The number of benzene rings is 2. The molecule has 6 nitrogen and oxygen atoms in total. The molecule has 0 radical (unpaired) electrons. The van der Waals surface area contributed by atoms with Crippen molar-refractivity contribution in [3.63, 3.8) is 0 Å². The first-order chi connectivity index (χ1) is 14.4. The lowest BCUT2D eigenvalue weighted by Gasteiger charge is -2.43. The van der Waals surface area contributed by atoms with Crippen LogP contribution in [0.1, 0.15) is 28.8 Å². The molecule has 2 aromatic carbocycles. The summed E-state index contributed by atoms with van der Waals surface area (Å²) in [5, 5.41) is 0. The van der Waals surface area contributed by atoms with Crippen molar-refractivity contribution in [2.24, 2.45) is 0 Å². The zero-order chi connectivity index (χ0) is 21.4. The standard InChI is InChI=1S/C22H26N2O4S2/c1-17-6-8-20(9-7-17)30(26,27)23-12-10-22(11-13-23)24(14-15-29-22)21(25)18-4-3-5-19(16-18)28-2/h3-9,16H,10-15H2,1-2H3. The predicted molar refractivity (Wildman–Crippen MR) is 118 cm³/mol. The third kappa shape index (κ3) is 3.84. The van der Waals surface area contributed by atoms with Gasteiger partial charge in [-0.2, -0.15) is 4.31 Å². The van der Waals surface area contributed by atoms with Crippen molar-refractivity contribution in [3.8, 4) is 5.75 Å². The fraction of sp³-hybridized carbons (Fsp3) is 0.409. The van der Waals surface area contributed by atoms with Gasteiger partial charge in [0, 0.05) is 31.0 Å². The van der Waals surface area contributed by atoms with E-state index in [0.29, 0.717) is 48.7 Å². The van der Waals surface area contributed by atoms with Gasteiger partial charge in [0.2, 0.25) is 10.0 Å². The number of sulfonamides is 1. The summed E-state index contributed by atoms with van der Waals surface area (Å²) in [4.78, 5) is 15.2. The lowest BCUT2D eigenvalue weighted by Crippen LogP contribution is -2.53. The van der Waals surface area contributed by atoms with E-state index in [0.717, 1.165) is 11.3 Å². The quantitative estimate of drug-likeness (QED) is 0.720. The van der Waals surface area contributed by atoms with Gasteiger partial charge in [-0.25, -0.2) is 8.42 Å². The maximum absolute atomic E-state index is 13.2. The predicted octanol–water partition coefficient (Wildman–Crippen LogP) is 3.37. The molecular formula is C22H26N2O4S2. The van der Waals surface area contributed by atoms with Gasteiger partial charge in [-0.05, 0) is 50.1 Å². The van der Waals surface area contributed by atoms with Crippen LogP contribution in [0, 0.1) is 6.92 Å². The van der Waals surface area contributed by atoms with Crippen LogP contribution in [0.3, 0.4) is 0 Å². The van der Waals surface area contributed by atoms with Gasteiger partial charge >= 0.3 is 0 Å². The molecule has 2 saturated heterocycles. The molecule has 2 aliphatic heterocycles. The summed E-state index contributed by atoms with van der Waals surface area (Å²) in [6.07, 6.45) is 1.25. The van der Waals surface area contributed by atoms with Gasteiger partial charge in [0.25, 0.3) is 5.91 Å². The minimum absolute atomic E-state index is 0.0197. The Hall–Kier alpha value is -2.03. The van der Waals surface area contributed by atoms with Gasteiger partial charge in [0.05, 0.1) is 16.9 Å². The number of hydrogen-bond acceptors (Lipinski definition) is 5. The first-order valence-corrected chi connectivity index (χ1v) is 12.5. The molecule has 1 amide bonds. The lowest BCUT2D eigenvalue weighted by molar-refractivity contribution is 0.0605. The summed E-state index contributed by atoms with van der Waals surface area (Å²) < 4.78 is 32.9.